The fourth-order valence-electron chi connectivity index (χ4n) is 3.64. The van der Waals surface area contributed by atoms with Crippen LogP contribution in [0.1, 0.15) is 40.4 Å². The molecule has 4 aromatic rings. The molecule has 0 atom stereocenters. The van der Waals surface area contributed by atoms with E-state index >= 15 is 0 Å². The number of aryl methyl sites for hydroxylation is 1. The van der Waals surface area contributed by atoms with Crippen molar-refractivity contribution in [2.75, 3.05) is 4.72 Å². The summed E-state index contributed by atoms with van der Waals surface area (Å²) in [6.07, 6.45) is 3.90. The van der Waals surface area contributed by atoms with E-state index in [2.05, 4.69) is 9.88 Å². The summed E-state index contributed by atoms with van der Waals surface area (Å²) in [5, 5.41) is 13.0. The highest BCUT2D eigenvalue weighted by Crippen LogP contribution is 2.45. The first-order valence-corrected chi connectivity index (χ1v) is 11.7. The Labute approximate surface area is 192 Å². The normalized spacial score (nSPS) is 13.3. The lowest BCUT2D eigenvalue weighted by atomic mass is 10.0. The predicted octanol–water partition coefficient (Wildman–Crippen LogP) is 7.21. The Morgan fingerprint density at radius 1 is 1.19 bits per heavy atom. The Morgan fingerprint density at radius 2 is 2.03 bits per heavy atom. The lowest BCUT2D eigenvalue weighted by Crippen LogP contribution is -1.99. The van der Waals surface area contributed by atoms with Crippen molar-refractivity contribution in [2.45, 2.75) is 30.6 Å². The maximum Gasteiger partial charge on any atom is 0.335 e. The molecule has 1 fully saturated rings. The van der Waals surface area contributed by atoms with Crippen LogP contribution in [0.4, 0.5) is 10.1 Å². The third-order valence-electron chi connectivity index (χ3n) is 5.47. The van der Waals surface area contributed by atoms with Crippen LogP contribution in [0, 0.1) is 12.1 Å². The summed E-state index contributed by atoms with van der Waals surface area (Å²) in [4.78, 5) is 13.2. The topological polar surface area (TPSA) is 75.4 Å². The van der Waals surface area contributed by atoms with Crippen molar-refractivity contribution in [3.8, 4) is 21.6 Å². The first kappa shape index (κ1) is 20.8. The van der Waals surface area contributed by atoms with E-state index in [4.69, 9.17) is 4.52 Å². The number of hydrogen-bond donors (Lipinski definition) is 2. The molecule has 0 aliphatic heterocycles. The van der Waals surface area contributed by atoms with E-state index in [1.165, 1.54) is 18.0 Å². The van der Waals surface area contributed by atoms with Crippen LogP contribution >= 0.6 is 23.3 Å². The molecule has 0 saturated heterocycles. The molecule has 1 aliphatic rings. The molecular weight excluding hydrogens is 447 g/mol. The number of benzene rings is 2. The largest absolute Gasteiger partial charge is 0.478 e. The first-order chi connectivity index (χ1) is 15.5. The van der Waals surface area contributed by atoms with Crippen molar-refractivity contribution in [3.05, 3.63) is 76.7 Å². The summed E-state index contributed by atoms with van der Waals surface area (Å²) in [7, 11) is 0. The average molecular weight is 467 g/mol. The van der Waals surface area contributed by atoms with Gasteiger partial charge in [-0.25, -0.2) is 4.79 Å². The molecular formula is C24H19FN2O3S2. The molecule has 1 saturated carbocycles. The number of carbonyl (C=O) groups is 1. The zero-order valence-corrected chi connectivity index (χ0v) is 18.7. The number of anilines is 1. The molecule has 5 nitrogen and oxygen atoms in total. The van der Waals surface area contributed by atoms with E-state index in [-0.39, 0.29) is 10.7 Å². The van der Waals surface area contributed by atoms with E-state index in [1.807, 2.05) is 31.2 Å². The molecule has 162 valence electrons. The lowest BCUT2D eigenvalue weighted by Gasteiger charge is -2.15. The Hall–Kier alpha value is -3.10. The van der Waals surface area contributed by atoms with Crippen molar-refractivity contribution in [1.29, 1.82) is 0 Å². The van der Waals surface area contributed by atoms with Crippen LogP contribution in [0.3, 0.4) is 0 Å². The predicted molar refractivity (Wildman–Crippen MR) is 125 cm³/mol. The third-order valence-corrected chi connectivity index (χ3v) is 7.27. The van der Waals surface area contributed by atoms with Gasteiger partial charge in [-0.05, 0) is 79.1 Å². The fraction of sp³-hybridized carbons (Fsp3) is 0.167. The minimum atomic E-state index is -0.950. The highest BCUT2D eigenvalue weighted by molar-refractivity contribution is 8.00. The van der Waals surface area contributed by atoms with Gasteiger partial charge in [-0.1, -0.05) is 23.4 Å². The zero-order valence-electron chi connectivity index (χ0n) is 17.1. The monoisotopic (exact) mass is 466 g/mol. The van der Waals surface area contributed by atoms with E-state index in [9.17, 15) is 14.3 Å². The van der Waals surface area contributed by atoms with Gasteiger partial charge in [-0.2, -0.15) is 4.39 Å². The maximum absolute atomic E-state index is 13.7. The number of carboxylic acids is 1. The number of aromatic carboxylic acids is 1. The molecule has 0 unspecified atom stereocenters. The van der Waals surface area contributed by atoms with Crippen molar-refractivity contribution >= 4 is 34.9 Å². The third kappa shape index (κ3) is 4.16. The number of carboxylic acid groups (broad SMARTS) is 1. The van der Waals surface area contributed by atoms with Gasteiger partial charge < -0.3 is 14.4 Å². The second-order valence-electron chi connectivity index (χ2n) is 7.70. The molecule has 5 rings (SSSR count). The Balaban J connectivity index is 1.53. The molecule has 2 aromatic carbocycles. The minimum absolute atomic E-state index is 0.247. The number of hydrogen-bond acceptors (Lipinski definition) is 6. The van der Waals surface area contributed by atoms with Gasteiger partial charge in [0.15, 0.2) is 5.13 Å². The van der Waals surface area contributed by atoms with E-state index in [1.54, 1.807) is 24.4 Å². The zero-order chi connectivity index (χ0) is 22.2. The van der Waals surface area contributed by atoms with Gasteiger partial charge in [0.25, 0.3) is 0 Å². The van der Waals surface area contributed by atoms with E-state index in [0.717, 1.165) is 61.9 Å². The first-order valence-electron chi connectivity index (χ1n) is 10.1. The Kier molecular flexibility index (Phi) is 5.48. The number of nitrogens with one attached hydrogen (secondary N) is 1. The van der Waals surface area contributed by atoms with Crippen molar-refractivity contribution in [3.63, 3.8) is 0 Å². The minimum Gasteiger partial charge on any atom is -0.478 e. The molecule has 0 radical (unpaired) electrons. The van der Waals surface area contributed by atoms with Gasteiger partial charge in [-0.15, -0.1) is 11.3 Å². The highest BCUT2D eigenvalue weighted by atomic mass is 32.2. The van der Waals surface area contributed by atoms with Gasteiger partial charge in [-0.3, -0.25) is 0 Å². The summed E-state index contributed by atoms with van der Waals surface area (Å²) in [6, 6.07) is 14.4. The summed E-state index contributed by atoms with van der Waals surface area (Å²) >= 11 is 2.47. The van der Waals surface area contributed by atoms with Crippen molar-refractivity contribution in [1.82, 2.24) is 5.16 Å². The average Bonchev–Trinajstić information content (AvgIpc) is 3.40. The SMILES string of the molecule is Cc1oncc1-c1ccc(-c2ccc(F)s2)c(NSc2cc(C(=O)O)ccc2C2CC2)c1. The van der Waals surface area contributed by atoms with Gasteiger partial charge in [0.2, 0.25) is 0 Å². The van der Waals surface area contributed by atoms with Crippen LogP contribution in [-0.2, 0) is 0 Å². The number of thiophene rings is 1. The number of nitrogens with zero attached hydrogens (tertiary/aromatic N) is 1. The molecule has 2 heterocycles. The second-order valence-corrected chi connectivity index (χ2v) is 9.58. The van der Waals surface area contributed by atoms with Crippen LogP contribution in [0.2, 0.25) is 0 Å². The lowest BCUT2D eigenvalue weighted by molar-refractivity contribution is 0.0696. The highest BCUT2D eigenvalue weighted by Gasteiger charge is 2.27. The molecule has 2 aromatic heterocycles. The van der Waals surface area contributed by atoms with Crippen LogP contribution < -0.4 is 4.72 Å². The Bertz CT molecular complexity index is 1310. The molecule has 0 spiro atoms. The smallest absolute Gasteiger partial charge is 0.335 e. The molecule has 1 aliphatic carbocycles. The second kappa shape index (κ2) is 8.44. The molecule has 32 heavy (non-hydrogen) atoms. The van der Waals surface area contributed by atoms with E-state index < -0.39 is 5.97 Å². The molecule has 0 bridgehead atoms. The number of aromatic nitrogens is 1. The van der Waals surface area contributed by atoms with Gasteiger partial charge >= 0.3 is 5.97 Å². The van der Waals surface area contributed by atoms with Crippen molar-refractivity contribution < 1.29 is 18.8 Å². The van der Waals surface area contributed by atoms with Crippen LogP contribution in [0.15, 0.2) is 64.1 Å². The molecule has 0 amide bonds. The quantitative estimate of drug-likeness (QED) is 0.280. The summed E-state index contributed by atoms with van der Waals surface area (Å²) in [6.45, 7) is 1.85. The van der Waals surface area contributed by atoms with Crippen LogP contribution in [0.5, 0.6) is 0 Å². The van der Waals surface area contributed by atoms with Gasteiger partial charge in [0.1, 0.15) is 5.76 Å². The summed E-state index contributed by atoms with van der Waals surface area (Å²) in [5.74, 6) is 0.233. The van der Waals surface area contributed by atoms with Gasteiger partial charge in [0, 0.05) is 20.9 Å². The summed E-state index contributed by atoms with van der Waals surface area (Å²) in [5.41, 5.74) is 4.89. The van der Waals surface area contributed by atoms with E-state index in [0.29, 0.717) is 11.7 Å². The maximum atomic E-state index is 13.7. The van der Waals surface area contributed by atoms with Crippen molar-refractivity contribution in [2.24, 2.45) is 0 Å². The van der Waals surface area contributed by atoms with Crippen LogP contribution in [0.25, 0.3) is 21.6 Å². The standard InChI is InChI=1S/C24H19FN2O3S2/c1-13-19(12-26-30-13)15-4-7-18(21-8-9-23(25)31-21)20(10-15)27-32-22-11-16(24(28)29)5-6-17(22)14-2-3-14/h4-12,14,27H,2-3H2,1H3,(H,28,29). The van der Waals surface area contributed by atoms with Crippen LogP contribution in [-0.4, -0.2) is 16.2 Å². The Morgan fingerprint density at radius 3 is 2.69 bits per heavy atom. The molecule has 8 heteroatoms. The number of halogens is 1. The van der Waals surface area contributed by atoms with Gasteiger partial charge in [0.05, 0.1) is 17.4 Å². The fourth-order valence-corrected chi connectivity index (χ4v) is 5.34. The number of rotatable bonds is 7. The summed E-state index contributed by atoms with van der Waals surface area (Å²) < 4.78 is 22.4. The molecule has 2 N–H and O–H groups in total.